The number of likely N-dealkylation sites (tertiary alicyclic amines) is 1. The van der Waals surface area contributed by atoms with E-state index >= 15 is 0 Å². The van der Waals surface area contributed by atoms with E-state index in [9.17, 15) is 18.3 Å². The molecule has 0 unspecified atom stereocenters. The molecule has 0 bridgehead atoms. The van der Waals surface area contributed by atoms with Crippen LogP contribution in [0.5, 0.6) is 11.5 Å². The number of carbonyl (C=O) groups excluding carboxylic acids is 1. The molecule has 2 saturated heterocycles. The summed E-state index contributed by atoms with van der Waals surface area (Å²) >= 11 is 6.61. The molecule has 6 N–H and O–H groups in total. The molecule has 1 spiro atoms. The number of nitrogens with zero attached hydrogens (tertiary/aromatic N) is 3. The van der Waals surface area contributed by atoms with Crippen LogP contribution >= 0.6 is 11.6 Å². The molecule has 63 heavy (non-hydrogen) atoms. The van der Waals surface area contributed by atoms with E-state index < -0.39 is 21.5 Å². The quantitative estimate of drug-likeness (QED) is 0.0602. The number of benzene rings is 3. The number of hydrogen-bond acceptors (Lipinski definition) is 10. The van der Waals surface area contributed by atoms with Gasteiger partial charge in [-0.15, -0.1) is 0 Å². The maximum absolute atomic E-state index is 14.0. The van der Waals surface area contributed by atoms with E-state index in [2.05, 4.69) is 67.9 Å². The van der Waals surface area contributed by atoms with Crippen LogP contribution in [0.25, 0.3) is 11.0 Å². The molecule has 2 atom stereocenters. The van der Waals surface area contributed by atoms with Crippen LogP contribution in [0, 0.1) is 11.3 Å². The zero-order valence-electron chi connectivity index (χ0n) is 36.5. The predicted molar refractivity (Wildman–Crippen MR) is 251 cm³/mol. The summed E-state index contributed by atoms with van der Waals surface area (Å²) in [7, 11) is -4.34. The largest absolute Gasteiger partial charge is 0.453 e. The Bertz CT molecular complexity index is 2590. The van der Waals surface area contributed by atoms with Crippen molar-refractivity contribution in [3.63, 3.8) is 0 Å². The second-order valence-electron chi connectivity index (χ2n) is 19.3. The molecule has 14 heteroatoms. The molecule has 2 aliphatic carbocycles. The van der Waals surface area contributed by atoms with Gasteiger partial charge in [0.15, 0.2) is 10.9 Å². The number of nitrogen functional groups attached to an aromatic ring is 1. The first-order valence-corrected chi connectivity index (χ1v) is 24.5. The number of fused-ring (bicyclic) bond motifs is 1. The molecule has 4 aliphatic rings. The first kappa shape index (κ1) is 43.4. The maximum Gasteiger partial charge on any atom is 0.268 e. The second kappa shape index (κ2) is 17.3. The summed E-state index contributed by atoms with van der Waals surface area (Å²) in [5, 5.41) is 14.5. The topological polar surface area (TPSA) is 166 Å². The summed E-state index contributed by atoms with van der Waals surface area (Å²) in [5.41, 5.74) is 11.4. The van der Waals surface area contributed by atoms with E-state index in [0.29, 0.717) is 41.7 Å². The summed E-state index contributed by atoms with van der Waals surface area (Å²) in [5.74, 6) is 1.01. The zero-order valence-corrected chi connectivity index (χ0v) is 38.1. The van der Waals surface area contributed by atoms with Gasteiger partial charge in [0.05, 0.1) is 27.4 Å². The molecule has 2 saturated carbocycles. The number of ether oxygens (including phenoxy) is 1. The molecule has 2 aliphatic heterocycles. The Morgan fingerprint density at radius 2 is 1.75 bits per heavy atom. The van der Waals surface area contributed by atoms with E-state index in [1.807, 2.05) is 19.1 Å². The third-order valence-corrected chi connectivity index (χ3v) is 16.0. The highest BCUT2D eigenvalue weighted by Crippen LogP contribution is 2.49. The fourth-order valence-electron chi connectivity index (χ4n) is 10.7. The minimum Gasteiger partial charge on any atom is -0.453 e. The average Bonchev–Trinajstić information content (AvgIpc) is 3.92. The fourth-order valence-corrected chi connectivity index (χ4v) is 11.9. The number of nitrogens with one attached hydrogen (secondary N) is 3. The number of anilines is 3. The van der Waals surface area contributed by atoms with Crippen molar-refractivity contribution < 1.29 is 23.1 Å². The molecule has 5 aromatic rings. The number of H-pyrrole nitrogens is 1. The molecule has 4 heterocycles. The van der Waals surface area contributed by atoms with Gasteiger partial charge in [-0.2, -0.15) is 0 Å². The van der Waals surface area contributed by atoms with Crippen molar-refractivity contribution in [3.05, 3.63) is 101 Å². The highest BCUT2D eigenvalue weighted by molar-refractivity contribution is 7.90. The smallest absolute Gasteiger partial charge is 0.268 e. The number of sulfonamides is 1. The molecular formula is C49H60ClN7O5S. The third kappa shape index (κ3) is 9.12. The zero-order chi connectivity index (χ0) is 44.1. The molecule has 0 radical (unpaired) electrons. The highest BCUT2D eigenvalue weighted by Gasteiger charge is 2.49. The summed E-state index contributed by atoms with van der Waals surface area (Å²) in [6.45, 7) is 11.1. The molecular weight excluding hydrogens is 834 g/mol. The first-order chi connectivity index (χ1) is 30.2. The number of hydrogen-bond donors (Lipinski definition) is 5. The molecule has 4 fully saturated rings. The summed E-state index contributed by atoms with van der Waals surface area (Å²) < 4.78 is 36.1. The van der Waals surface area contributed by atoms with Gasteiger partial charge in [-0.3, -0.25) is 9.69 Å². The number of rotatable bonds is 12. The number of pyridine rings is 1. The number of amides is 1. The lowest BCUT2D eigenvalue weighted by Crippen LogP contribution is -2.63. The number of piperidine rings is 1. The molecule has 1 amide bonds. The van der Waals surface area contributed by atoms with Gasteiger partial charge < -0.3 is 30.8 Å². The second-order valence-corrected chi connectivity index (χ2v) is 21.3. The summed E-state index contributed by atoms with van der Waals surface area (Å²) in [6.07, 6.45) is 10.9. The first-order valence-electron chi connectivity index (χ1n) is 22.6. The molecule has 2 aromatic heterocycles. The van der Waals surface area contributed by atoms with Gasteiger partial charge in [0.1, 0.15) is 11.4 Å². The Labute approximate surface area is 376 Å². The van der Waals surface area contributed by atoms with Crippen LogP contribution in [-0.4, -0.2) is 78.7 Å². The van der Waals surface area contributed by atoms with Crippen LogP contribution in [0.2, 0.25) is 5.15 Å². The van der Waals surface area contributed by atoms with Crippen molar-refractivity contribution in [2.45, 2.75) is 107 Å². The Morgan fingerprint density at radius 1 is 0.984 bits per heavy atom. The SMILES string of the molecule is CC(C)c1ccccc1[C@@H]1CCC[C@@H]1N1CC2(CCN(c3ccc(C(=O)NS(=O)(=O)c4ccc(NC[C@H]5CC[C@](C)(O)CC5)c(N)c4)c(Oc4cc5cc[nH]c5nc4Cl)c3)CC2)C1. The summed E-state index contributed by atoms with van der Waals surface area (Å²) in [6, 6.07) is 22.9. The van der Waals surface area contributed by atoms with Gasteiger partial charge in [-0.25, -0.2) is 18.1 Å². The highest BCUT2D eigenvalue weighted by atomic mass is 35.5. The van der Waals surface area contributed by atoms with Crippen LogP contribution in [0.4, 0.5) is 17.1 Å². The van der Waals surface area contributed by atoms with Crippen LogP contribution in [-0.2, 0) is 10.0 Å². The number of nitrogens with two attached hydrogens (primary N) is 1. The lowest BCUT2D eigenvalue weighted by molar-refractivity contribution is -0.0493. The minimum atomic E-state index is -4.34. The van der Waals surface area contributed by atoms with Crippen molar-refractivity contribution in [2.75, 3.05) is 48.7 Å². The van der Waals surface area contributed by atoms with Gasteiger partial charge in [0, 0.05) is 62.1 Å². The Hall–Kier alpha value is -4.82. The fraction of sp³-hybridized carbons (Fsp3) is 0.469. The minimum absolute atomic E-state index is 0.0264. The van der Waals surface area contributed by atoms with Crippen molar-refractivity contribution >= 4 is 55.6 Å². The normalized spacial score (nSPS) is 23.8. The maximum atomic E-state index is 14.0. The summed E-state index contributed by atoms with van der Waals surface area (Å²) in [4.78, 5) is 26.4. The average molecular weight is 895 g/mol. The number of halogens is 1. The van der Waals surface area contributed by atoms with Crippen molar-refractivity contribution in [2.24, 2.45) is 11.3 Å². The molecule has 12 nitrogen and oxygen atoms in total. The Morgan fingerprint density at radius 3 is 2.49 bits per heavy atom. The predicted octanol–water partition coefficient (Wildman–Crippen LogP) is 9.42. The van der Waals surface area contributed by atoms with Crippen molar-refractivity contribution in [1.29, 1.82) is 0 Å². The van der Waals surface area contributed by atoms with E-state index in [1.165, 1.54) is 37.0 Å². The van der Waals surface area contributed by atoms with Crippen LogP contribution in [0.15, 0.2) is 83.9 Å². The van der Waals surface area contributed by atoms with Gasteiger partial charge >= 0.3 is 0 Å². The number of aliphatic hydroxyl groups is 1. The van der Waals surface area contributed by atoms with Gasteiger partial charge in [0.25, 0.3) is 15.9 Å². The van der Waals surface area contributed by atoms with E-state index in [0.717, 1.165) is 75.8 Å². The molecule has 9 rings (SSSR count). The Kier molecular flexibility index (Phi) is 11.9. The molecule has 3 aromatic carbocycles. The van der Waals surface area contributed by atoms with Gasteiger partial charge in [-0.1, -0.05) is 56.1 Å². The van der Waals surface area contributed by atoms with E-state index in [4.69, 9.17) is 22.1 Å². The van der Waals surface area contributed by atoms with Gasteiger partial charge in [-0.05, 0) is 135 Å². The Balaban J connectivity index is 0.891. The number of aromatic nitrogens is 2. The van der Waals surface area contributed by atoms with Crippen molar-refractivity contribution in [3.8, 4) is 11.5 Å². The standard InChI is InChI=1S/C49H60ClN7O5S/c1-31(2)36-7-4-5-8-37(36)38-9-6-10-42(38)57-29-49(30-57)20-23-56(24-21-49)34-11-13-39(43(26-34)62-44-25-33-17-22-52-46(33)54-45(44)50)47(58)55-63(60,61)35-12-14-41(40(51)27-35)53-28-32-15-18-48(3,59)19-16-32/h4-5,7-8,11-14,17,22,25-27,31-32,38,42,53,59H,6,9-10,15-16,18-21,23-24,28-30,51H2,1-3H3,(H,52,54)(H,55,58)/t32-,38-,42-,48-/m0/s1. The monoisotopic (exact) mass is 893 g/mol. The van der Waals surface area contributed by atoms with E-state index in [-0.39, 0.29) is 38.2 Å². The number of carbonyl (C=O) groups is 1. The van der Waals surface area contributed by atoms with Crippen molar-refractivity contribution in [1.82, 2.24) is 19.6 Å². The van der Waals surface area contributed by atoms with Crippen LogP contribution < -0.4 is 25.4 Å². The van der Waals surface area contributed by atoms with Crippen LogP contribution in [0.3, 0.4) is 0 Å². The third-order valence-electron chi connectivity index (χ3n) is 14.4. The van der Waals surface area contributed by atoms with Crippen LogP contribution in [0.1, 0.15) is 112 Å². The van der Waals surface area contributed by atoms with Gasteiger partial charge in [0.2, 0.25) is 0 Å². The van der Waals surface area contributed by atoms with E-state index in [1.54, 1.807) is 36.0 Å². The number of aromatic amines is 1. The lowest BCUT2D eigenvalue weighted by atomic mass is 9.70. The lowest BCUT2D eigenvalue weighted by Gasteiger charge is -2.57. The molecule has 334 valence electrons.